The molecule has 1 aliphatic carbocycles. The molecule has 0 atom stereocenters. The third kappa shape index (κ3) is 4.45. The first kappa shape index (κ1) is 16.8. The van der Waals surface area contributed by atoms with E-state index < -0.39 is 11.8 Å². The van der Waals surface area contributed by atoms with Crippen molar-refractivity contribution >= 4 is 29.1 Å². The van der Waals surface area contributed by atoms with Gasteiger partial charge in [-0.3, -0.25) is 9.59 Å². The monoisotopic (exact) mass is 324 g/mol. The van der Waals surface area contributed by atoms with Gasteiger partial charge in [0.05, 0.1) is 10.7 Å². The first-order valence-electron chi connectivity index (χ1n) is 7.48. The fraction of sp³-hybridized carbons (Fsp3) is 0.500. The second-order valence-corrected chi connectivity index (χ2v) is 6.22. The second-order valence-electron chi connectivity index (χ2n) is 5.81. The van der Waals surface area contributed by atoms with Gasteiger partial charge in [-0.15, -0.1) is 0 Å². The predicted molar refractivity (Wildman–Crippen MR) is 85.8 cm³/mol. The topological polar surface area (TPSA) is 78.4 Å². The highest BCUT2D eigenvalue weighted by atomic mass is 35.5. The number of aryl methyl sites for hydroxylation is 1. The van der Waals surface area contributed by atoms with Crippen molar-refractivity contribution in [2.75, 3.05) is 11.9 Å². The molecule has 2 amide bonds. The highest BCUT2D eigenvalue weighted by molar-refractivity contribution is 6.41. The van der Waals surface area contributed by atoms with E-state index in [2.05, 4.69) is 10.6 Å². The van der Waals surface area contributed by atoms with E-state index in [9.17, 15) is 9.59 Å². The highest BCUT2D eigenvalue weighted by Crippen LogP contribution is 2.24. The van der Waals surface area contributed by atoms with E-state index in [4.69, 9.17) is 16.7 Å². The minimum absolute atomic E-state index is 0.00553. The molecule has 0 bridgehead atoms. The van der Waals surface area contributed by atoms with Crippen LogP contribution >= 0.6 is 11.6 Å². The van der Waals surface area contributed by atoms with Crippen LogP contribution in [0.15, 0.2) is 18.2 Å². The van der Waals surface area contributed by atoms with Crippen molar-refractivity contribution in [3.63, 3.8) is 0 Å². The highest BCUT2D eigenvalue weighted by Gasteiger charge is 2.24. The SMILES string of the molecule is Cc1ccc(Cl)c(NC(=O)C(=O)NC2CCC(CO)CC2)c1. The van der Waals surface area contributed by atoms with E-state index in [-0.39, 0.29) is 12.6 Å². The Morgan fingerprint density at radius 2 is 1.91 bits per heavy atom. The molecular weight excluding hydrogens is 304 g/mol. The van der Waals surface area contributed by atoms with Crippen LogP contribution in [0.2, 0.25) is 5.02 Å². The van der Waals surface area contributed by atoms with Crippen molar-refractivity contribution in [3.8, 4) is 0 Å². The predicted octanol–water partition coefficient (Wildman–Crippen LogP) is 2.25. The average molecular weight is 325 g/mol. The van der Waals surface area contributed by atoms with Crippen molar-refractivity contribution < 1.29 is 14.7 Å². The van der Waals surface area contributed by atoms with Gasteiger partial charge >= 0.3 is 11.8 Å². The number of hydrogen-bond acceptors (Lipinski definition) is 3. The van der Waals surface area contributed by atoms with Gasteiger partial charge in [-0.25, -0.2) is 0 Å². The summed E-state index contributed by atoms with van der Waals surface area (Å²) in [5.74, 6) is -1.05. The molecule has 0 saturated heterocycles. The molecule has 1 saturated carbocycles. The lowest BCUT2D eigenvalue weighted by Crippen LogP contribution is -2.43. The summed E-state index contributed by atoms with van der Waals surface area (Å²) in [5, 5.41) is 14.8. The molecule has 22 heavy (non-hydrogen) atoms. The minimum Gasteiger partial charge on any atom is -0.396 e. The van der Waals surface area contributed by atoms with Crippen LogP contribution in [0.1, 0.15) is 31.2 Å². The van der Waals surface area contributed by atoms with E-state index in [1.54, 1.807) is 12.1 Å². The number of carbonyl (C=O) groups is 2. The minimum atomic E-state index is -0.711. The largest absolute Gasteiger partial charge is 0.396 e. The Bertz CT molecular complexity index is 554. The molecule has 1 aliphatic rings. The smallest absolute Gasteiger partial charge is 0.313 e. The number of amides is 2. The molecule has 1 aromatic carbocycles. The third-order valence-corrected chi connectivity index (χ3v) is 4.35. The average Bonchev–Trinajstić information content (AvgIpc) is 2.51. The van der Waals surface area contributed by atoms with Crippen LogP contribution < -0.4 is 10.6 Å². The lowest BCUT2D eigenvalue weighted by Gasteiger charge is -2.27. The van der Waals surface area contributed by atoms with E-state index in [1.165, 1.54) is 0 Å². The molecule has 0 aromatic heterocycles. The Labute approximate surface area is 135 Å². The van der Waals surface area contributed by atoms with Gasteiger partial charge in [-0.2, -0.15) is 0 Å². The number of hydrogen-bond donors (Lipinski definition) is 3. The van der Waals surface area contributed by atoms with E-state index in [1.807, 2.05) is 13.0 Å². The Balaban J connectivity index is 1.87. The van der Waals surface area contributed by atoms with Gasteiger partial charge in [0.2, 0.25) is 0 Å². The number of carbonyl (C=O) groups excluding carboxylic acids is 2. The maximum Gasteiger partial charge on any atom is 0.313 e. The lowest BCUT2D eigenvalue weighted by atomic mass is 9.86. The molecule has 0 heterocycles. The van der Waals surface area contributed by atoms with Crippen molar-refractivity contribution in [2.45, 2.75) is 38.6 Å². The molecule has 0 radical (unpaired) electrons. The molecule has 6 heteroatoms. The summed E-state index contributed by atoms with van der Waals surface area (Å²) >= 11 is 6.00. The molecule has 3 N–H and O–H groups in total. The number of halogens is 1. The lowest BCUT2D eigenvalue weighted by molar-refractivity contribution is -0.136. The number of benzene rings is 1. The van der Waals surface area contributed by atoms with Gasteiger partial charge in [0.15, 0.2) is 0 Å². The van der Waals surface area contributed by atoms with Crippen LogP contribution in [0.3, 0.4) is 0 Å². The van der Waals surface area contributed by atoms with Gasteiger partial charge in [0.25, 0.3) is 0 Å². The fourth-order valence-corrected chi connectivity index (χ4v) is 2.82. The Morgan fingerprint density at radius 1 is 1.23 bits per heavy atom. The standard InChI is InChI=1S/C16H21ClN2O3/c1-10-2-7-13(17)14(8-10)19-16(22)15(21)18-12-5-3-11(9-20)4-6-12/h2,7-8,11-12,20H,3-6,9H2,1H3,(H,18,21)(H,19,22). The molecule has 120 valence electrons. The zero-order valence-electron chi connectivity index (χ0n) is 12.6. The van der Waals surface area contributed by atoms with Crippen LogP contribution in [0.5, 0.6) is 0 Å². The fourth-order valence-electron chi connectivity index (χ4n) is 2.65. The number of nitrogens with one attached hydrogen (secondary N) is 2. The van der Waals surface area contributed by atoms with E-state index >= 15 is 0 Å². The summed E-state index contributed by atoms with van der Waals surface area (Å²) in [6.45, 7) is 2.07. The maximum atomic E-state index is 11.9. The Morgan fingerprint density at radius 3 is 2.55 bits per heavy atom. The van der Waals surface area contributed by atoms with Crippen LogP contribution in [0, 0.1) is 12.8 Å². The summed E-state index contributed by atoms with van der Waals surface area (Å²) in [6.07, 6.45) is 3.31. The van der Waals surface area contributed by atoms with Crippen molar-refractivity contribution in [3.05, 3.63) is 28.8 Å². The molecule has 0 aliphatic heterocycles. The summed E-state index contributed by atoms with van der Waals surface area (Å²) in [7, 11) is 0. The third-order valence-electron chi connectivity index (χ3n) is 4.02. The summed E-state index contributed by atoms with van der Waals surface area (Å²) in [6, 6.07) is 5.23. The van der Waals surface area contributed by atoms with Crippen molar-refractivity contribution in [2.24, 2.45) is 5.92 Å². The molecule has 0 spiro atoms. The number of anilines is 1. The van der Waals surface area contributed by atoms with Crippen molar-refractivity contribution in [1.82, 2.24) is 5.32 Å². The van der Waals surface area contributed by atoms with Crippen LogP contribution in [-0.2, 0) is 9.59 Å². The van der Waals surface area contributed by atoms with Gasteiger partial charge in [0.1, 0.15) is 0 Å². The summed E-state index contributed by atoms with van der Waals surface area (Å²) in [4.78, 5) is 23.9. The maximum absolute atomic E-state index is 11.9. The number of aliphatic hydroxyl groups excluding tert-OH is 1. The quantitative estimate of drug-likeness (QED) is 0.746. The summed E-state index contributed by atoms with van der Waals surface area (Å²) < 4.78 is 0. The number of rotatable bonds is 3. The van der Waals surface area contributed by atoms with Gasteiger partial charge in [-0.05, 0) is 56.2 Å². The molecule has 2 rings (SSSR count). The molecule has 1 aromatic rings. The molecule has 5 nitrogen and oxygen atoms in total. The van der Waals surface area contributed by atoms with Crippen LogP contribution in [0.25, 0.3) is 0 Å². The normalized spacial score (nSPS) is 21.2. The second kappa shape index (κ2) is 7.61. The van der Waals surface area contributed by atoms with Crippen molar-refractivity contribution in [1.29, 1.82) is 0 Å². The van der Waals surface area contributed by atoms with Gasteiger partial charge in [-0.1, -0.05) is 17.7 Å². The summed E-state index contributed by atoms with van der Waals surface area (Å²) in [5.41, 5.74) is 1.38. The Kier molecular flexibility index (Phi) is 5.80. The zero-order valence-corrected chi connectivity index (χ0v) is 13.3. The van der Waals surface area contributed by atoms with Crippen LogP contribution in [0.4, 0.5) is 5.69 Å². The van der Waals surface area contributed by atoms with Crippen LogP contribution in [-0.4, -0.2) is 29.6 Å². The van der Waals surface area contributed by atoms with E-state index in [0.717, 1.165) is 31.2 Å². The number of aliphatic hydroxyl groups is 1. The van der Waals surface area contributed by atoms with Gasteiger partial charge in [0, 0.05) is 12.6 Å². The Hall–Kier alpha value is -1.59. The van der Waals surface area contributed by atoms with Gasteiger partial charge < -0.3 is 15.7 Å². The first-order chi connectivity index (χ1) is 10.5. The molecule has 0 unspecified atom stereocenters. The molecular formula is C16H21ClN2O3. The first-order valence-corrected chi connectivity index (χ1v) is 7.86. The zero-order chi connectivity index (χ0) is 16.1. The van der Waals surface area contributed by atoms with E-state index in [0.29, 0.717) is 16.6 Å². The molecule has 1 fully saturated rings.